The Balaban J connectivity index is 3.04. The average molecular weight is 257 g/mol. The predicted molar refractivity (Wildman–Crippen MR) is 66.7 cm³/mol. The molecule has 0 heterocycles. The van der Waals surface area contributed by atoms with Crippen molar-refractivity contribution in [3.8, 4) is 0 Å². The molecule has 0 aliphatic heterocycles. The van der Waals surface area contributed by atoms with E-state index in [0.29, 0.717) is 0 Å². The van der Waals surface area contributed by atoms with E-state index in [9.17, 15) is 0 Å². The van der Waals surface area contributed by atoms with E-state index in [1.54, 1.807) is 0 Å². The van der Waals surface area contributed by atoms with Crippen LogP contribution in [0.3, 0.4) is 0 Å². The topological polar surface area (TPSA) is 38.0 Å². The fourth-order valence-electron chi connectivity index (χ4n) is 1.20. The number of anilines is 2. The lowest BCUT2D eigenvalue weighted by molar-refractivity contribution is 0.633. The second-order valence-corrected chi connectivity index (χ2v) is 5.42. The fourth-order valence-corrected chi connectivity index (χ4v) is 1.66. The summed E-state index contributed by atoms with van der Waals surface area (Å²) in [4.78, 5) is 0. The van der Waals surface area contributed by atoms with Crippen molar-refractivity contribution >= 4 is 27.3 Å². The lowest BCUT2D eigenvalue weighted by atomic mass is 10.1. The van der Waals surface area contributed by atoms with E-state index in [-0.39, 0.29) is 5.54 Å². The molecule has 0 fully saturated rings. The molecule has 1 aromatic rings. The molecule has 0 bridgehead atoms. The molecule has 1 aromatic carbocycles. The number of benzene rings is 1. The van der Waals surface area contributed by atoms with E-state index < -0.39 is 0 Å². The lowest BCUT2D eigenvalue weighted by Crippen LogP contribution is -2.26. The Morgan fingerprint density at radius 2 is 1.86 bits per heavy atom. The third-order valence-corrected chi connectivity index (χ3v) is 2.52. The van der Waals surface area contributed by atoms with Gasteiger partial charge < -0.3 is 11.1 Å². The fraction of sp³-hybridized carbons (Fsp3) is 0.455. The van der Waals surface area contributed by atoms with Crippen molar-refractivity contribution in [1.82, 2.24) is 0 Å². The minimum Gasteiger partial charge on any atom is -0.398 e. The first kappa shape index (κ1) is 11.4. The molecule has 0 aromatic heterocycles. The summed E-state index contributed by atoms with van der Waals surface area (Å²) < 4.78 is 1.01. The smallest absolute Gasteiger partial charge is 0.0492 e. The number of aryl methyl sites for hydroxylation is 1. The molecular formula is C11H17BrN2. The molecule has 0 saturated heterocycles. The minimum absolute atomic E-state index is 0.0606. The van der Waals surface area contributed by atoms with Crippen LogP contribution in [0.5, 0.6) is 0 Å². The molecule has 2 nitrogen and oxygen atoms in total. The van der Waals surface area contributed by atoms with Crippen LogP contribution < -0.4 is 11.1 Å². The van der Waals surface area contributed by atoms with Crippen molar-refractivity contribution in [1.29, 1.82) is 0 Å². The number of hydrogen-bond donors (Lipinski definition) is 2. The second kappa shape index (κ2) is 3.81. The number of halogens is 1. The van der Waals surface area contributed by atoms with Crippen LogP contribution in [-0.2, 0) is 0 Å². The van der Waals surface area contributed by atoms with Gasteiger partial charge in [0.25, 0.3) is 0 Å². The monoisotopic (exact) mass is 256 g/mol. The standard InChI is InChI=1S/C11H17BrN2/c1-7-5-10(14-11(2,3)4)8(12)6-9(7)13/h5-6,14H,13H2,1-4H3. The van der Waals surface area contributed by atoms with Gasteiger partial charge in [-0.1, -0.05) is 0 Å². The Morgan fingerprint density at radius 3 is 2.36 bits per heavy atom. The normalized spacial score (nSPS) is 11.5. The van der Waals surface area contributed by atoms with Crippen LogP contribution in [0.2, 0.25) is 0 Å². The van der Waals surface area contributed by atoms with Crippen molar-refractivity contribution in [3.05, 3.63) is 22.2 Å². The molecule has 78 valence electrons. The van der Waals surface area contributed by atoms with Crippen molar-refractivity contribution in [2.45, 2.75) is 33.2 Å². The molecular weight excluding hydrogens is 240 g/mol. The van der Waals surface area contributed by atoms with Crippen LogP contribution in [0.4, 0.5) is 11.4 Å². The van der Waals surface area contributed by atoms with Crippen LogP contribution >= 0.6 is 15.9 Å². The highest BCUT2D eigenvalue weighted by atomic mass is 79.9. The van der Waals surface area contributed by atoms with Gasteiger partial charge in [0.1, 0.15) is 0 Å². The zero-order valence-electron chi connectivity index (χ0n) is 9.11. The summed E-state index contributed by atoms with van der Waals surface area (Å²) >= 11 is 3.49. The van der Waals surface area contributed by atoms with Crippen molar-refractivity contribution < 1.29 is 0 Å². The first-order valence-electron chi connectivity index (χ1n) is 4.63. The molecule has 0 aliphatic carbocycles. The van der Waals surface area contributed by atoms with Gasteiger partial charge in [-0.3, -0.25) is 0 Å². The Morgan fingerprint density at radius 1 is 1.29 bits per heavy atom. The van der Waals surface area contributed by atoms with Gasteiger partial charge in [-0.15, -0.1) is 0 Å². The van der Waals surface area contributed by atoms with Gasteiger partial charge in [0, 0.05) is 21.4 Å². The third-order valence-electron chi connectivity index (χ3n) is 1.87. The maximum absolute atomic E-state index is 5.80. The van der Waals surface area contributed by atoms with Gasteiger partial charge in [0.05, 0.1) is 0 Å². The third kappa shape index (κ3) is 2.91. The van der Waals surface area contributed by atoms with Crippen LogP contribution in [0.15, 0.2) is 16.6 Å². The van der Waals surface area contributed by atoms with E-state index in [0.717, 1.165) is 21.4 Å². The summed E-state index contributed by atoms with van der Waals surface area (Å²) in [6.45, 7) is 8.40. The SMILES string of the molecule is Cc1cc(NC(C)(C)C)c(Br)cc1N. The van der Waals surface area contributed by atoms with Crippen LogP contribution in [-0.4, -0.2) is 5.54 Å². The first-order chi connectivity index (χ1) is 6.29. The summed E-state index contributed by atoms with van der Waals surface area (Å²) in [5.74, 6) is 0. The Bertz CT molecular complexity index is 340. The largest absolute Gasteiger partial charge is 0.398 e. The maximum atomic E-state index is 5.80. The van der Waals surface area contributed by atoms with Crippen molar-refractivity contribution in [2.24, 2.45) is 0 Å². The molecule has 0 amide bonds. The molecule has 0 spiro atoms. The van der Waals surface area contributed by atoms with Gasteiger partial charge in [0.15, 0.2) is 0 Å². The van der Waals surface area contributed by atoms with E-state index in [4.69, 9.17) is 5.73 Å². The summed E-state index contributed by atoms with van der Waals surface area (Å²) in [5.41, 5.74) is 8.86. The second-order valence-electron chi connectivity index (χ2n) is 4.56. The van der Waals surface area contributed by atoms with Crippen molar-refractivity contribution in [3.63, 3.8) is 0 Å². The number of nitrogens with one attached hydrogen (secondary N) is 1. The molecule has 1 rings (SSSR count). The molecule has 0 aliphatic rings. The maximum Gasteiger partial charge on any atom is 0.0492 e. The van der Waals surface area contributed by atoms with Gasteiger partial charge in [0.2, 0.25) is 0 Å². The number of nitrogen functional groups attached to an aromatic ring is 1. The highest BCUT2D eigenvalue weighted by molar-refractivity contribution is 9.10. The summed E-state index contributed by atoms with van der Waals surface area (Å²) in [6.07, 6.45) is 0. The summed E-state index contributed by atoms with van der Waals surface area (Å²) in [6, 6.07) is 3.99. The zero-order chi connectivity index (χ0) is 10.9. The molecule has 0 radical (unpaired) electrons. The Kier molecular flexibility index (Phi) is 3.10. The van der Waals surface area contributed by atoms with E-state index in [1.807, 2.05) is 13.0 Å². The van der Waals surface area contributed by atoms with E-state index in [1.165, 1.54) is 0 Å². The number of hydrogen-bond acceptors (Lipinski definition) is 2. The molecule has 0 saturated carbocycles. The highest BCUT2D eigenvalue weighted by Crippen LogP contribution is 2.29. The quantitative estimate of drug-likeness (QED) is 0.755. The van der Waals surface area contributed by atoms with Crippen LogP contribution in [0.1, 0.15) is 26.3 Å². The summed E-state index contributed by atoms with van der Waals surface area (Å²) in [7, 11) is 0. The molecule has 14 heavy (non-hydrogen) atoms. The van der Waals surface area contributed by atoms with Gasteiger partial charge in [-0.25, -0.2) is 0 Å². The molecule has 3 heteroatoms. The van der Waals surface area contributed by atoms with Gasteiger partial charge in [-0.05, 0) is 61.3 Å². The van der Waals surface area contributed by atoms with E-state index in [2.05, 4.69) is 48.1 Å². The lowest BCUT2D eigenvalue weighted by Gasteiger charge is -2.23. The molecule has 3 N–H and O–H groups in total. The van der Waals surface area contributed by atoms with Gasteiger partial charge >= 0.3 is 0 Å². The van der Waals surface area contributed by atoms with Gasteiger partial charge in [-0.2, -0.15) is 0 Å². The van der Waals surface area contributed by atoms with Crippen LogP contribution in [0, 0.1) is 6.92 Å². The molecule has 0 atom stereocenters. The predicted octanol–water partition coefficient (Wildman–Crippen LogP) is 3.55. The number of rotatable bonds is 1. The zero-order valence-corrected chi connectivity index (χ0v) is 10.7. The van der Waals surface area contributed by atoms with E-state index >= 15 is 0 Å². The highest BCUT2D eigenvalue weighted by Gasteiger charge is 2.12. The van der Waals surface area contributed by atoms with Crippen molar-refractivity contribution in [2.75, 3.05) is 11.1 Å². The minimum atomic E-state index is 0.0606. The summed E-state index contributed by atoms with van der Waals surface area (Å²) in [5, 5.41) is 3.42. The number of nitrogens with two attached hydrogens (primary N) is 1. The Hall–Kier alpha value is -0.700. The molecule has 0 unspecified atom stereocenters. The first-order valence-corrected chi connectivity index (χ1v) is 5.43. The average Bonchev–Trinajstić information content (AvgIpc) is 1.97. The van der Waals surface area contributed by atoms with Crippen LogP contribution in [0.25, 0.3) is 0 Å². The Labute approximate surface area is 94.0 Å².